The van der Waals surface area contributed by atoms with Crippen molar-refractivity contribution in [1.82, 2.24) is 9.21 Å². The SMILES string of the molecule is Cc1ccccc1CN1CCN(S(=O)(=O)c2ccc(OC(C)C)cc2)CC1. The number of piperazine rings is 1. The molecule has 3 rings (SSSR count). The van der Waals surface area contributed by atoms with Crippen molar-refractivity contribution in [2.24, 2.45) is 0 Å². The second kappa shape index (κ2) is 8.42. The van der Waals surface area contributed by atoms with E-state index in [2.05, 4.69) is 30.0 Å². The van der Waals surface area contributed by atoms with Crippen molar-refractivity contribution in [3.63, 3.8) is 0 Å². The van der Waals surface area contributed by atoms with Gasteiger partial charge >= 0.3 is 0 Å². The van der Waals surface area contributed by atoms with E-state index in [4.69, 9.17) is 4.74 Å². The summed E-state index contributed by atoms with van der Waals surface area (Å²) in [6.45, 7) is 9.37. The highest BCUT2D eigenvalue weighted by Gasteiger charge is 2.28. The van der Waals surface area contributed by atoms with Crippen LogP contribution in [0.2, 0.25) is 0 Å². The Hall–Kier alpha value is -1.89. The van der Waals surface area contributed by atoms with Crippen LogP contribution in [0.4, 0.5) is 0 Å². The lowest BCUT2D eigenvalue weighted by Crippen LogP contribution is -2.48. The number of rotatable bonds is 6. The third-order valence-corrected chi connectivity index (χ3v) is 6.73. The molecule has 5 nitrogen and oxygen atoms in total. The minimum absolute atomic E-state index is 0.0637. The Labute approximate surface area is 162 Å². The molecule has 6 heteroatoms. The molecular formula is C21H28N2O3S. The predicted molar refractivity (Wildman–Crippen MR) is 107 cm³/mol. The van der Waals surface area contributed by atoms with Crippen LogP contribution in [0.5, 0.6) is 5.75 Å². The van der Waals surface area contributed by atoms with E-state index in [0.717, 1.165) is 19.6 Å². The molecule has 0 spiro atoms. The van der Waals surface area contributed by atoms with E-state index in [1.807, 2.05) is 19.9 Å². The van der Waals surface area contributed by atoms with Crippen LogP contribution < -0.4 is 4.74 Å². The van der Waals surface area contributed by atoms with Gasteiger partial charge in [0.2, 0.25) is 10.0 Å². The van der Waals surface area contributed by atoms with E-state index in [9.17, 15) is 8.42 Å². The lowest BCUT2D eigenvalue weighted by molar-refractivity contribution is 0.181. The zero-order valence-electron chi connectivity index (χ0n) is 16.3. The van der Waals surface area contributed by atoms with Crippen LogP contribution in [-0.2, 0) is 16.6 Å². The Morgan fingerprint density at radius 3 is 2.19 bits per heavy atom. The second-order valence-electron chi connectivity index (χ2n) is 7.24. The zero-order valence-corrected chi connectivity index (χ0v) is 17.1. The molecule has 0 amide bonds. The number of ether oxygens (including phenoxy) is 1. The summed E-state index contributed by atoms with van der Waals surface area (Å²) in [4.78, 5) is 2.64. The highest BCUT2D eigenvalue weighted by atomic mass is 32.2. The minimum Gasteiger partial charge on any atom is -0.491 e. The molecule has 1 heterocycles. The summed E-state index contributed by atoms with van der Waals surface area (Å²) < 4.78 is 33.0. The van der Waals surface area contributed by atoms with Crippen LogP contribution in [-0.4, -0.2) is 49.9 Å². The van der Waals surface area contributed by atoms with Crippen molar-refractivity contribution in [3.05, 3.63) is 59.7 Å². The smallest absolute Gasteiger partial charge is 0.243 e. The van der Waals surface area contributed by atoms with Crippen molar-refractivity contribution < 1.29 is 13.2 Å². The van der Waals surface area contributed by atoms with Crippen LogP contribution in [0.3, 0.4) is 0 Å². The molecule has 2 aromatic rings. The van der Waals surface area contributed by atoms with Gasteiger partial charge in [0.1, 0.15) is 5.75 Å². The Bertz CT molecular complexity index is 855. The highest BCUT2D eigenvalue weighted by Crippen LogP contribution is 2.22. The first kappa shape index (κ1) is 19.9. The lowest BCUT2D eigenvalue weighted by Gasteiger charge is -2.34. The number of hydrogen-bond acceptors (Lipinski definition) is 4. The second-order valence-corrected chi connectivity index (χ2v) is 9.18. The molecule has 146 valence electrons. The van der Waals surface area contributed by atoms with E-state index in [0.29, 0.717) is 23.7 Å². The van der Waals surface area contributed by atoms with Gasteiger partial charge in [0.15, 0.2) is 0 Å². The standard InChI is InChI=1S/C21H28N2O3S/c1-17(2)26-20-8-10-21(11-9-20)27(24,25)23-14-12-22(13-15-23)16-19-7-5-4-6-18(19)3/h4-11,17H,12-16H2,1-3H3. The van der Waals surface area contributed by atoms with Gasteiger partial charge in [-0.05, 0) is 56.2 Å². The van der Waals surface area contributed by atoms with E-state index >= 15 is 0 Å². The maximum atomic E-state index is 12.9. The van der Waals surface area contributed by atoms with Crippen molar-refractivity contribution in [1.29, 1.82) is 0 Å². The van der Waals surface area contributed by atoms with E-state index < -0.39 is 10.0 Å². The third kappa shape index (κ3) is 4.89. The molecule has 2 aromatic carbocycles. The molecule has 0 aliphatic carbocycles. The van der Waals surface area contributed by atoms with Gasteiger partial charge in [-0.15, -0.1) is 0 Å². The summed E-state index contributed by atoms with van der Waals surface area (Å²) in [6, 6.07) is 15.1. The van der Waals surface area contributed by atoms with Gasteiger partial charge in [-0.25, -0.2) is 8.42 Å². The van der Waals surface area contributed by atoms with Crippen molar-refractivity contribution in [2.45, 2.75) is 38.3 Å². The van der Waals surface area contributed by atoms with Gasteiger partial charge in [0, 0.05) is 32.7 Å². The van der Waals surface area contributed by atoms with E-state index in [1.54, 1.807) is 28.6 Å². The predicted octanol–water partition coefficient (Wildman–Crippen LogP) is 3.29. The van der Waals surface area contributed by atoms with Crippen LogP contribution in [0.15, 0.2) is 53.4 Å². The molecule has 1 aliphatic heterocycles. The molecule has 0 bridgehead atoms. The Morgan fingerprint density at radius 1 is 0.963 bits per heavy atom. The molecule has 1 fully saturated rings. The number of aryl methyl sites for hydroxylation is 1. The van der Waals surface area contributed by atoms with Gasteiger partial charge in [0.05, 0.1) is 11.0 Å². The number of benzene rings is 2. The van der Waals surface area contributed by atoms with Crippen molar-refractivity contribution >= 4 is 10.0 Å². The normalized spacial score (nSPS) is 16.6. The summed E-state index contributed by atoms with van der Waals surface area (Å²) in [6.07, 6.45) is 0.0637. The van der Waals surface area contributed by atoms with E-state index in [1.165, 1.54) is 11.1 Å². The van der Waals surface area contributed by atoms with Gasteiger partial charge < -0.3 is 4.74 Å². The molecule has 1 saturated heterocycles. The highest BCUT2D eigenvalue weighted by molar-refractivity contribution is 7.89. The molecular weight excluding hydrogens is 360 g/mol. The summed E-state index contributed by atoms with van der Waals surface area (Å²) in [5.41, 5.74) is 2.57. The van der Waals surface area contributed by atoms with Crippen LogP contribution in [0, 0.1) is 6.92 Å². The number of nitrogens with zero attached hydrogens (tertiary/aromatic N) is 2. The molecule has 0 saturated carbocycles. The van der Waals surface area contributed by atoms with Gasteiger partial charge in [-0.1, -0.05) is 24.3 Å². The van der Waals surface area contributed by atoms with E-state index in [-0.39, 0.29) is 6.10 Å². The number of sulfonamides is 1. The first-order valence-corrected chi connectivity index (χ1v) is 10.8. The molecule has 0 atom stereocenters. The summed E-state index contributed by atoms with van der Waals surface area (Å²) in [5.74, 6) is 0.687. The fourth-order valence-electron chi connectivity index (χ4n) is 3.27. The van der Waals surface area contributed by atoms with Gasteiger partial charge in [0.25, 0.3) is 0 Å². The average molecular weight is 389 g/mol. The largest absolute Gasteiger partial charge is 0.491 e. The van der Waals surface area contributed by atoms with Crippen LogP contribution in [0.25, 0.3) is 0 Å². The molecule has 0 aromatic heterocycles. The fraction of sp³-hybridized carbons (Fsp3) is 0.429. The number of hydrogen-bond donors (Lipinski definition) is 0. The topological polar surface area (TPSA) is 49.9 Å². The molecule has 0 N–H and O–H groups in total. The summed E-state index contributed by atoms with van der Waals surface area (Å²) in [5, 5.41) is 0. The van der Waals surface area contributed by atoms with Crippen molar-refractivity contribution in [3.8, 4) is 5.75 Å². The molecule has 0 unspecified atom stereocenters. The quantitative estimate of drug-likeness (QED) is 0.762. The molecule has 27 heavy (non-hydrogen) atoms. The zero-order chi connectivity index (χ0) is 19.4. The maximum absolute atomic E-state index is 12.9. The van der Waals surface area contributed by atoms with Gasteiger partial charge in [-0.2, -0.15) is 4.31 Å². The molecule has 1 aliphatic rings. The first-order valence-electron chi connectivity index (χ1n) is 9.40. The maximum Gasteiger partial charge on any atom is 0.243 e. The Morgan fingerprint density at radius 2 is 1.59 bits per heavy atom. The Kier molecular flexibility index (Phi) is 6.19. The van der Waals surface area contributed by atoms with Crippen LogP contribution in [0.1, 0.15) is 25.0 Å². The fourth-order valence-corrected chi connectivity index (χ4v) is 4.69. The van der Waals surface area contributed by atoms with Crippen LogP contribution >= 0.6 is 0 Å². The molecule has 0 radical (unpaired) electrons. The third-order valence-electron chi connectivity index (χ3n) is 4.82. The monoisotopic (exact) mass is 388 g/mol. The average Bonchev–Trinajstić information content (AvgIpc) is 2.64. The summed E-state index contributed by atoms with van der Waals surface area (Å²) in [7, 11) is -3.46. The summed E-state index contributed by atoms with van der Waals surface area (Å²) >= 11 is 0. The lowest BCUT2D eigenvalue weighted by atomic mass is 10.1. The minimum atomic E-state index is -3.46. The first-order chi connectivity index (χ1) is 12.9. The van der Waals surface area contributed by atoms with Crippen molar-refractivity contribution in [2.75, 3.05) is 26.2 Å². The Balaban J connectivity index is 1.62. The van der Waals surface area contributed by atoms with Gasteiger partial charge in [-0.3, -0.25) is 4.90 Å².